The molecule has 0 saturated carbocycles. The van der Waals surface area contributed by atoms with Crippen molar-refractivity contribution in [2.24, 2.45) is 11.8 Å². The third-order valence-electron chi connectivity index (χ3n) is 4.76. The first-order valence-electron chi connectivity index (χ1n) is 6.65. The summed E-state index contributed by atoms with van der Waals surface area (Å²) < 4.78 is 0. The van der Waals surface area contributed by atoms with Gasteiger partial charge in [-0.15, -0.1) is 0 Å². The van der Waals surface area contributed by atoms with Gasteiger partial charge in [0, 0.05) is 6.54 Å². The molecule has 1 aliphatic heterocycles. The zero-order chi connectivity index (χ0) is 12.0. The lowest BCUT2D eigenvalue weighted by Crippen LogP contribution is -2.31. The van der Waals surface area contributed by atoms with Crippen LogP contribution in [0.15, 0.2) is 18.2 Å². The first-order chi connectivity index (χ1) is 8.15. The van der Waals surface area contributed by atoms with E-state index in [4.69, 9.17) is 0 Å². The summed E-state index contributed by atoms with van der Waals surface area (Å²) in [6.07, 6.45) is 2.40. The average Bonchev–Trinajstić information content (AvgIpc) is 2.39. The molecule has 1 aromatic rings. The number of fused-ring (bicyclic) bond motifs is 4. The fourth-order valence-electron chi connectivity index (χ4n) is 3.69. The van der Waals surface area contributed by atoms with Crippen molar-refractivity contribution < 1.29 is 5.11 Å². The van der Waals surface area contributed by atoms with Crippen molar-refractivity contribution in [3.8, 4) is 5.75 Å². The topological polar surface area (TPSA) is 23.5 Å². The lowest BCUT2D eigenvalue weighted by molar-refractivity contribution is 0.247. The summed E-state index contributed by atoms with van der Waals surface area (Å²) in [6.45, 7) is 4.79. The van der Waals surface area contributed by atoms with Crippen molar-refractivity contribution in [3.05, 3.63) is 29.3 Å². The molecular weight excluding hydrogens is 210 g/mol. The van der Waals surface area contributed by atoms with Gasteiger partial charge in [-0.25, -0.2) is 0 Å². The van der Waals surface area contributed by atoms with Crippen molar-refractivity contribution in [2.45, 2.75) is 25.7 Å². The highest BCUT2D eigenvalue weighted by Crippen LogP contribution is 2.44. The largest absolute Gasteiger partial charge is 0.508 e. The van der Waals surface area contributed by atoms with Gasteiger partial charge in [0.05, 0.1) is 0 Å². The van der Waals surface area contributed by atoms with Crippen LogP contribution >= 0.6 is 0 Å². The van der Waals surface area contributed by atoms with Crippen LogP contribution < -0.4 is 0 Å². The molecule has 0 unspecified atom stereocenters. The summed E-state index contributed by atoms with van der Waals surface area (Å²) in [5, 5.41) is 9.68. The highest BCUT2D eigenvalue weighted by Gasteiger charge is 2.36. The quantitative estimate of drug-likeness (QED) is 0.742. The molecule has 2 bridgehead atoms. The van der Waals surface area contributed by atoms with Crippen molar-refractivity contribution >= 4 is 0 Å². The second-order valence-electron chi connectivity index (χ2n) is 5.86. The molecule has 0 radical (unpaired) electrons. The Balaban J connectivity index is 2.04. The average molecular weight is 231 g/mol. The van der Waals surface area contributed by atoms with E-state index in [2.05, 4.69) is 24.9 Å². The third kappa shape index (κ3) is 1.85. The van der Waals surface area contributed by atoms with Gasteiger partial charge in [-0.3, -0.25) is 0 Å². The van der Waals surface area contributed by atoms with E-state index in [-0.39, 0.29) is 0 Å². The SMILES string of the molecule is C[C@H]1[C@H]2Cc3ccc(O)cc3[C@H]1CCN(C)C2. The fraction of sp³-hybridized carbons (Fsp3) is 0.600. The number of hydrogen-bond donors (Lipinski definition) is 1. The first-order valence-corrected chi connectivity index (χ1v) is 6.65. The summed E-state index contributed by atoms with van der Waals surface area (Å²) in [5.41, 5.74) is 2.87. The Morgan fingerprint density at radius 2 is 2.18 bits per heavy atom. The molecule has 1 saturated heterocycles. The molecule has 0 spiro atoms. The number of phenols is 1. The van der Waals surface area contributed by atoms with Gasteiger partial charge in [0.2, 0.25) is 0 Å². The Morgan fingerprint density at radius 3 is 3.00 bits per heavy atom. The normalized spacial score (nSPS) is 32.9. The van der Waals surface area contributed by atoms with Crippen molar-refractivity contribution in [3.63, 3.8) is 0 Å². The van der Waals surface area contributed by atoms with Gasteiger partial charge < -0.3 is 10.0 Å². The molecule has 1 aromatic carbocycles. The maximum atomic E-state index is 9.68. The molecule has 0 aromatic heterocycles. The van der Waals surface area contributed by atoms with Crippen LogP contribution in [-0.2, 0) is 6.42 Å². The van der Waals surface area contributed by atoms with Crippen LogP contribution in [0.1, 0.15) is 30.4 Å². The van der Waals surface area contributed by atoms with Gasteiger partial charge in [-0.05, 0) is 67.4 Å². The van der Waals surface area contributed by atoms with Crippen molar-refractivity contribution in [1.82, 2.24) is 4.90 Å². The van der Waals surface area contributed by atoms with E-state index in [9.17, 15) is 5.11 Å². The van der Waals surface area contributed by atoms with Gasteiger partial charge in [0.1, 0.15) is 5.75 Å². The number of nitrogens with zero attached hydrogens (tertiary/aromatic N) is 1. The minimum absolute atomic E-state index is 0.423. The van der Waals surface area contributed by atoms with E-state index in [0.29, 0.717) is 11.7 Å². The Bertz CT molecular complexity index is 429. The van der Waals surface area contributed by atoms with Crippen molar-refractivity contribution in [2.75, 3.05) is 20.1 Å². The summed E-state index contributed by atoms with van der Waals surface area (Å²) in [6, 6.07) is 5.96. The van der Waals surface area contributed by atoms with Crippen LogP contribution in [0.3, 0.4) is 0 Å². The second-order valence-corrected chi connectivity index (χ2v) is 5.86. The van der Waals surface area contributed by atoms with E-state index < -0.39 is 0 Å². The predicted molar refractivity (Wildman–Crippen MR) is 69.3 cm³/mol. The molecule has 1 heterocycles. The molecule has 1 N–H and O–H groups in total. The summed E-state index contributed by atoms with van der Waals surface area (Å²) >= 11 is 0. The van der Waals surface area contributed by atoms with Gasteiger partial charge >= 0.3 is 0 Å². The minimum atomic E-state index is 0.423. The molecule has 0 amide bonds. The molecule has 3 atom stereocenters. The van der Waals surface area contributed by atoms with Gasteiger partial charge in [-0.1, -0.05) is 13.0 Å². The third-order valence-corrected chi connectivity index (χ3v) is 4.76. The van der Waals surface area contributed by atoms with Gasteiger partial charge in [0.25, 0.3) is 0 Å². The standard InChI is InChI=1S/C15H21NO/c1-10-12-7-11-3-4-13(17)8-15(11)14(10)5-6-16(2)9-12/h3-4,8,10,12,14,17H,5-7,9H2,1-2H3/t10-,12-,14-/m0/s1. The Labute approximate surface area is 103 Å². The van der Waals surface area contributed by atoms with Crippen LogP contribution in [0, 0.1) is 11.8 Å². The van der Waals surface area contributed by atoms with Crippen LogP contribution in [0.5, 0.6) is 5.75 Å². The smallest absolute Gasteiger partial charge is 0.115 e. The monoisotopic (exact) mass is 231 g/mol. The molecule has 1 aliphatic carbocycles. The molecule has 92 valence electrons. The lowest BCUT2D eigenvalue weighted by Gasteiger charge is -2.36. The molecule has 1 fully saturated rings. The van der Waals surface area contributed by atoms with E-state index in [0.717, 1.165) is 11.8 Å². The summed E-state index contributed by atoms with van der Waals surface area (Å²) in [4.78, 5) is 2.47. The van der Waals surface area contributed by atoms with E-state index in [1.807, 2.05) is 12.1 Å². The van der Waals surface area contributed by atoms with E-state index >= 15 is 0 Å². The van der Waals surface area contributed by atoms with Crippen LogP contribution in [0.2, 0.25) is 0 Å². The lowest BCUT2D eigenvalue weighted by atomic mass is 9.69. The number of rotatable bonds is 0. The Morgan fingerprint density at radius 1 is 1.35 bits per heavy atom. The molecule has 2 nitrogen and oxygen atoms in total. The zero-order valence-electron chi connectivity index (χ0n) is 10.7. The number of phenolic OH excluding ortho intramolecular Hbond substituents is 1. The number of aromatic hydroxyl groups is 1. The molecule has 3 rings (SSSR count). The van der Waals surface area contributed by atoms with E-state index in [1.165, 1.54) is 37.1 Å². The van der Waals surface area contributed by atoms with Crippen LogP contribution in [-0.4, -0.2) is 30.1 Å². The number of likely N-dealkylation sites (tertiary alicyclic amines) is 1. The highest BCUT2D eigenvalue weighted by molar-refractivity contribution is 5.40. The van der Waals surface area contributed by atoms with Gasteiger partial charge in [0.15, 0.2) is 0 Å². The first kappa shape index (κ1) is 11.1. The van der Waals surface area contributed by atoms with Gasteiger partial charge in [-0.2, -0.15) is 0 Å². The Hall–Kier alpha value is -1.02. The summed E-state index contributed by atoms with van der Waals surface area (Å²) in [7, 11) is 2.23. The fourth-order valence-corrected chi connectivity index (χ4v) is 3.69. The number of benzene rings is 1. The summed E-state index contributed by atoms with van der Waals surface area (Å²) in [5.74, 6) is 2.59. The molecule has 2 heteroatoms. The second kappa shape index (κ2) is 4.02. The van der Waals surface area contributed by atoms with Crippen molar-refractivity contribution in [1.29, 1.82) is 0 Å². The highest BCUT2D eigenvalue weighted by atomic mass is 16.3. The maximum Gasteiger partial charge on any atom is 0.115 e. The number of hydrogen-bond acceptors (Lipinski definition) is 2. The molecular formula is C15H21NO. The van der Waals surface area contributed by atoms with Crippen LogP contribution in [0.4, 0.5) is 0 Å². The van der Waals surface area contributed by atoms with E-state index in [1.54, 1.807) is 0 Å². The zero-order valence-corrected chi connectivity index (χ0v) is 10.7. The minimum Gasteiger partial charge on any atom is -0.508 e. The Kier molecular flexibility index (Phi) is 2.62. The molecule has 2 aliphatic rings. The maximum absolute atomic E-state index is 9.68. The predicted octanol–water partition coefficient (Wildman–Crippen LogP) is 2.62. The molecule has 17 heavy (non-hydrogen) atoms. The van der Waals surface area contributed by atoms with Crippen LogP contribution in [0.25, 0.3) is 0 Å².